The summed E-state index contributed by atoms with van der Waals surface area (Å²) in [6.45, 7) is 17.0. The average molecular weight is 1630 g/mol. The minimum atomic E-state index is 0.113. The van der Waals surface area contributed by atoms with Crippen molar-refractivity contribution in [3.8, 4) is 67.5 Å². The second kappa shape index (κ2) is 34.1. The molecule has 22 rings (SSSR count). The van der Waals surface area contributed by atoms with Crippen LogP contribution in [0.1, 0.15) is 94.0 Å². The van der Waals surface area contributed by atoms with E-state index in [1.54, 1.807) is 31.0 Å². The number of nitrogens with zero attached hydrogens (tertiary/aromatic N) is 20. The number of piperazine rings is 2. The summed E-state index contributed by atoms with van der Waals surface area (Å²) in [7, 11) is 2.23. The van der Waals surface area contributed by atoms with Crippen molar-refractivity contribution in [2.45, 2.75) is 101 Å². The highest BCUT2D eigenvalue weighted by Crippen LogP contribution is 2.47. The molecule has 0 spiro atoms. The van der Waals surface area contributed by atoms with Crippen LogP contribution in [-0.2, 0) is 4.79 Å². The first-order chi connectivity index (χ1) is 60.3. The van der Waals surface area contributed by atoms with Gasteiger partial charge in [0.1, 0.15) is 74.4 Å². The van der Waals surface area contributed by atoms with E-state index in [9.17, 15) is 4.79 Å². The van der Waals surface area contributed by atoms with Gasteiger partial charge in [0.15, 0.2) is 0 Å². The number of carbonyl (C=O) groups is 1. The van der Waals surface area contributed by atoms with E-state index in [1.165, 1.54) is 19.5 Å². The average Bonchev–Trinajstić information content (AvgIpc) is 1.61. The zero-order valence-electron chi connectivity index (χ0n) is 69.8. The Kier molecular flexibility index (Phi) is 21.8. The van der Waals surface area contributed by atoms with E-state index in [-0.39, 0.29) is 11.9 Å². The minimum absolute atomic E-state index is 0.113. The van der Waals surface area contributed by atoms with Crippen molar-refractivity contribution in [2.75, 3.05) is 114 Å². The fourth-order valence-electron chi connectivity index (χ4n) is 19.2. The van der Waals surface area contributed by atoms with Gasteiger partial charge in [-0.2, -0.15) is 0 Å². The van der Waals surface area contributed by atoms with Gasteiger partial charge in [0, 0.05) is 206 Å². The quantitative estimate of drug-likeness (QED) is 0.0699. The summed E-state index contributed by atoms with van der Waals surface area (Å²) in [6, 6.07) is 64.4. The Balaban J connectivity index is 0.000000117. The molecular weight excluding hydrogens is 1530 g/mol. The lowest BCUT2D eigenvalue weighted by Crippen LogP contribution is -2.55. The number of likely N-dealkylation sites (N-methyl/N-ethyl adjacent to an activating group) is 1. The van der Waals surface area contributed by atoms with E-state index in [4.69, 9.17) is 47.1 Å². The number of hydrogen-bond acceptors (Lipinski definition) is 21. The van der Waals surface area contributed by atoms with Gasteiger partial charge in [0.05, 0.1) is 46.4 Å². The van der Waals surface area contributed by atoms with E-state index in [0.29, 0.717) is 59.9 Å². The molecule has 3 aliphatic heterocycles. The number of rotatable bonds is 16. The molecule has 25 heteroatoms. The summed E-state index contributed by atoms with van der Waals surface area (Å²) in [4.78, 5) is 79.7. The topological polar surface area (TPSA) is 282 Å². The van der Waals surface area contributed by atoms with Gasteiger partial charge in [-0.25, -0.2) is 49.8 Å². The Labute approximate surface area is 714 Å². The first-order valence-electron chi connectivity index (χ1n) is 43.5. The zero-order valence-corrected chi connectivity index (χ0v) is 69.8. The second-order valence-corrected chi connectivity index (χ2v) is 34.2. The van der Waals surface area contributed by atoms with Gasteiger partial charge in [-0.05, 0) is 115 Å². The highest BCUT2D eigenvalue weighted by Gasteiger charge is 2.42. The number of benzene rings is 6. The molecule has 0 radical (unpaired) electrons. The maximum absolute atomic E-state index is 12.2. The van der Waals surface area contributed by atoms with Crippen molar-refractivity contribution in [1.82, 2.24) is 97.8 Å². The maximum Gasteiger partial charge on any atom is 0.234 e. The fourth-order valence-corrected chi connectivity index (χ4v) is 19.2. The Bertz CT molecular complexity index is 6490. The van der Waals surface area contributed by atoms with Crippen LogP contribution in [-0.4, -0.2) is 215 Å². The van der Waals surface area contributed by atoms with Gasteiger partial charge < -0.3 is 32.3 Å². The highest BCUT2D eigenvalue weighted by molar-refractivity contribution is 5.95. The summed E-state index contributed by atoms with van der Waals surface area (Å²) in [5, 5.41) is 6.28. The van der Waals surface area contributed by atoms with Crippen LogP contribution in [0.2, 0.25) is 0 Å². The molecule has 3 aliphatic carbocycles. The standard InChI is InChI=1S/C34H38N8O.C33H31N9.C31H33N7/c1-22(2)37-30(43)21-40-14-16-41(17-15-40)27-18-26(19-27)34-39-31(32-33(35)36-12-13-42(32)34)25-9-8-24-10-11-28(38-29(24)20-25)23-6-4-3-5-7-23;34-32-31-30(24-7-6-23-8-9-27(38-28(23)20-24)22-4-2-1-3-5-22)39-33(42(31)13-12-37-32)25-18-26(19-25)40-14-16-41(17-15-40)29-21-35-10-11-36-29;1-36-13-5-14-37(17-16-36)25-18-24(19-25)31-35-28(29-30(32)33-12-15-38(29)31)23-9-8-22-10-11-26(34-27(22)20-23)21-6-3-2-4-7-21/h3-13,20,22,26-27H,14-19,21H2,1-2H3,(H2,35,36)(H,37,43);1-13,20-21,25-26H,14-19H2,(H2,34,37);2-4,6-12,15,20,24-25H,5,13-14,16-19H2,1H3,(H2,32,33). The van der Waals surface area contributed by atoms with E-state index in [1.807, 2.05) is 93.2 Å². The number of nitrogens with one attached hydrogen (secondary N) is 1. The lowest BCUT2D eigenvalue weighted by Gasteiger charge is -2.46. The Morgan fingerprint density at radius 2 is 0.772 bits per heavy atom. The number of carbonyl (C=O) groups excluding carboxylic acids is 1. The molecular formula is C98H102N24O. The lowest BCUT2D eigenvalue weighted by atomic mass is 9.78. The first-order valence-corrected chi connectivity index (χ1v) is 43.5. The van der Waals surface area contributed by atoms with Crippen LogP contribution in [0.25, 0.3) is 117 Å². The maximum atomic E-state index is 12.2. The third-order valence-electron chi connectivity index (χ3n) is 26.1. The molecule has 620 valence electrons. The molecule has 6 fully saturated rings. The van der Waals surface area contributed by atoms with Crippen molar-refractivity contribution < 1.29 is 4.79 Å². The van der Waals surface area contributed by atoms with Crippen LogP contribution in [0.4, 0.5) is 23.3 Å². The van der Waals surface area contributed by atoms with E-state index in [2.05, 4.69) is 207 Å². The second-order valence-electron chi connectivity index (χ2n) is 34.2. The number of pyridine rings is 3. The van der Waals surface area contributed by atoms with Crippen LogP contribution in [0, 0.1) is 0 Å². The van der Waals surface area contributed by atoms with Gasteiger partial charge in [0.2, 0.25) is 5.91 Å². The first kappa shape index (κ1) is 78.5. The number of nitrogen functional groups attached to an aromatic ring is 3. The van der Waals surface area contributed by atoms with Crippen LogP contribution >= 0.6 is 0 Å². The van der Waals surface area contributed by atoms with Gasteiger partial charge >= 0.3 is 0 Å². The van der Waals surface area contributed by atoms with Gasteiger partial charge in [0.25, 0.3) is 0 Å². The molecule has 10 aromatic heterocycles. The molecule has 25 nitrogen and oxygen atoms in total. The number of aromatic nitrogens is 14. The Morgan fingerprint density at radius 3 is 1.15 bits per heavy atom. The molecule has 3 saturated carbocycles. The number of hydrogen-bond donors (Lipinski definition) is 4. The molecule has 3 saturated heterocycles. The van der Waals surface area contributed by atoms with Gasteiger partial charge in [-0.1, -0.05) is 146 Å². The van der Waals surface area contributed by atoms with Crippen molar-refractivity contribution >= 4 is 78.4 Å². The summed E-state index contributed by atoms with van der Waals surface area (Å²) >= 11 is 0. The Hall–Kier alpha value is -13.0. The predicted molar refractivity (Wildman–Crippen MR) is 489 cm³/mol. The molecule has 6 aliphatic rings. The fraction of sp³-hybridized carbons (Fsp3) is 0.306. The van der Waals surface area contributed by atoms with E-state index >= 15 is 0 Å². The van der Waals surface area contributed by atoms with Crippen molar-refractivity contribution in [2.24, 2.45) is 0 Å². The van der Waals surface area contributed by atoms with Gasteiger partial charge in [-0.15, -0.1) is 0 Å². The predicted octanol–water partition coefficient (Wildman–Crippen LogP) is 14.7. The summed E-state index contributed by atoms with van der Waals surface area (Å²) in [5.41, 5.74) is 36.6. The minimum Gasteiger partial charge on any atom is -0.382 e. The number of amides is 1. The largest absolute Gasteiger partial charge is 0.382 e. The highest BCUT2D eigenvalue weighted by atomic mass is 16.2. The summed E-state index contributed by atoms with van der Waals surface area (Å²) < 4.78 is 6.47. The van der Waals surface area contributed by atoms with Gasteiger partial charge in [-0.3, -0.25) is 42.6 Å². The summed E-state index contributed by atoms with van der Waals surface area (Å²) in [5.74, 6) is 6.92. The zero-order chi connectivity index (χ0) is 83.2. The van der Waals surface area contributed by atoms with Crippen molar-refractivity contribution in [1.29, 1.82) is 0 Å². The Morgan fingerprint density at radius 1 is 0.398 bits per heavy atom. The lowest BCUT2D eigenvalue weighted by molar-refractivity contribution is -0.123. The van der Waals surface area contributed by atoms with Crippen molar-refractivity contribution in [3.63, 3.8) is 0 Å². The molecule has 1 amide bonds. The van der Waals surface area contributed by atoms with Crippen LogP contribution in [0.5, 0.6) is 0 Å². The number of nitrogens with two attached hydrogens (primary N) is 3. The van der Waals surface area contributed by atoms with E-state index in [0.717, 1.165) is 244 Å². The number of anilines is 4. The van der Waals surface area contributed by atoms with E-state index < -0.39 is 0 Å². The molecule has 6 aromatic carbocycles. The molecule has 123 heavy (non-hydrogen) atoms. The molecule has 7 N–H and O–H groups in total. The SMILES string of the molecule is CC(C)NC(=O)CN1CCN(C2CC(c3nc(-c4ccc5ccc(-c6ccccc6)nc5c4)c4c(N)nccn34)C2)CC1.CN1CCCN(C2CC(c3nc(-c4ccc5ccc(-c6ccccc6)nc5c4)c4c(N)nccn34)C2)CC1.Nc1nccn2c(C3CC(N4CCN(c5cnccn5)CC4)C3)nc(-c3ccc4ccc(-c5ccccc5)nc4c3)c12. The number of fused-ring (bicyclic) bond motifs is 6. The molecule has 16 aromatic rings. The third-order valence-corrected chi connectivity index (χ3v) is 26.1. The molecule has 0 atom stereocenters. The van der Waals surface area contributed by atoms with Crippen LogP contribution < -0.4 is 27.4 Å². The number of imidazole rings is 3. The van der Waals surface area contributed by atoms with Crippen LogP contribution in [0.15, 0.2) is 238 Å². The smallest absolute Gasteiger partial charge is 0.234 e. The molecule has 0 unspecified atom stereocenters. The summed E-state index contributed by atoms with van der Waals surface area (Å²) in [6.07, 6.45) is 24.5. The van der Waals surface area contributed by atoms with Crippen LogP contribution in [0.3, 0.4) is 0 Å². The monoisotopic (exact) mass is 1630 g/mol. The van der Waals surface area contributed by atoms with Crippen molar-refractivity contribution in [3.05, 3.63) is 255 Å². The third kappa shape index (κ3) is 16.1. The molecule has 0 bridgehead atoms. The normalized spacial score (nSPS) is 19.9. The molecule has 13 heterocycles.